The maximum absolute atomic E-state index is 12.4. The molecular weight excluding hydrogens is 300 g/mol. The molecule has 1 aromatic rings. The van der Waals surface area contributed by atoms with Gasteiger partial charge in [-0.1, -0.05) is 5.16 Å². The van der Waals surface area contributed by atoms with Gasteiger partial charge in [0.1, 0.15) is 10.6 Å². The topological polar surface area (TPSA) is 122 Å². The van der Waals surface area contributed by atoms with E-state index >= 15 is 0 Å². The second-order valence-corrected chi connectivity index (χ2v) is 6.96. The van der Waals surface area contributed by atoms with Gasteiger partial charge in [0.05, 0.1) is 24.9 Å². The standard InChI is InChI=1S/C12H20N2O6S/c1-6-12(7(2)20-13-6)21(17,18)14-9-4-8(5-19-3)10(15)11(9)16/h8-11,14-16H,4-5H2,1-3H3/t8-,9-,10-,11+/m1/s1. The molecular formula is C12H20N2O6S. The Morgan fingerprint density at radius 1 is 1.38 bits per heavy atom. The zero-order valence-corrected chi connectivity index (χ0v) is 12.9. The van der Waals surface area contributed by atoms with Gasteiger partial charge < -0.3 is 19.5 Å². The minimum absolute atomic E-state index is 0.0284. The maximum atomic E-state index is 12.4. The molecule has 0 amide bonds. The van der Waals surface area contributed by atoms with Crippen molar-refractivity contribution < 1.29 is 27.9 Å². The average Bonchev–Trinajstić information content (AvgIpc) is 2.86. The van der Waals surface area contributed by atoms with Gasteiger partial charge in [0.2, 0.25) is 10.0 Å². The molecule has 4 atom stereocenters. The van der Waals surface area contributed by atoms with Crippen LogP contribution in [0.5, 0.6) is 0 Å². The SMILES string of the molecule is COC[C@H]1C[C@@H](NS(=O)(=O)c2c(C)noc2C)[C@H](O)[C@@H]1O. The molecule has 1 heterocycles. The van der Waals surface area contributed by atoms with Crippen LogP contribution in [-0.2, 0) is 14.8 Å². The van der Waals surface area contributed by atoms with Crippen LogP contribution in [0.3, 0.4) is 0 Å². The molecule has 1 aliphatic carbocycles. The van der Waals surface area contributed by atoms with Crippen LogP contribution in [0.1, 0.15) is 17.9 Å². The molecule has 1 aliphatic rings. The Morgan fingerprint density at radius 2 is 2.05 bits per heavy atom. The van der Waals surface area contributed by atoms with Crippen molar-refractivity contribution in [1.82, 2.24) is 9.88 Å². The summed E-state index contributed by atoms with van der Waals surface area (Å²) in [5, 5.41) is 23.5. The number of methoxy groups -OCH3 is 1. The minimum Gasteiger partial charge on any atom is -0.390 e. The third-order valence-corrected chi connectivity index (χ3v) is 5.46. The first kappa shape index (κ1) is 16.4. The molecule has 8 nitrogen and oxygen atoms in total. The first-order valence-electron chi connectivity index (χ1n) is 6.58. The summed E-state index contributed by atoms with van der Waals surface area (Å²) < 4.78 is 37.0. The molecule has 1 saturated carbocycles. The lowest BCUT2D eigenvalue weighted by molar-refractivity contribution is -0.00425. The van der Waals surface area contributed by atoms with Crippen molar-refractivity contribution >= 4 is 10.0 Å². The van der Waals surface area contributed by atoms with Crippen molar-refractivity contribution in [2.24, 2.45) is 5.92 Å². The molecule has 0 aromatic carbocycles. The van der Waals surface area contributed by atoms with Gasteiger partial charge in [-0.3, -0.25) is 0 Å². The fourth-order valence-corrected chi connectivity index (χ4v) is 4.33. The Kier molecular flexibility index (Phi) is 4.69. The molecule has 1 aromatic heterocycles. The molecule has 0 bridgehead atoms. The van der Waals surface area contributed by atoms with Gasteiger partial charge in [-0.2, -0.15) is 0 Å². The van der Waals surface area contributed by atoms with E-state index in [-0.39, 0.29) is 28.9 Å². The van der Waals surface area contributed by atoms with Crippen molar-refractivity contribution in [3.8, 4) is 0 Å². The summed E-state index contributed by atoms with van der Waals surface area (Å²) in [5.41, 5.74) is 0.251. The lowest BCUT2D eigenvalue weighted by Gasteiger charge is -2.18. The van der Waals surface area contributed by atoms with E-state index in [0.717, 1.165) is 0 Å². The Hall–Kier alpha value is -1.00. The van der Waals surface area contributed by atoms with Crippen LogP contribution >= 0.6 is 0 Å². The Bertz CT molecular complexity index is 579. The second-order valence-electron chi connectivity index (χ2n) is 5.31. The average molecular weight is 320 g/mol. The van der Waals surface area contributed by atoms with E-state index < -0.39 is 28.3 Å². The quantitative estimate of drug-likeness (QED) is 0.657. The first-order valence-corrected chi connectivity index (χ1v) is 8.06. The fraction of sp³-hybridized carbons (Fsp3) is 0.750. The molecule has 0 aliphatic heterocycles. The number of ether oxygens (including phenoxy) is 1. The predicted octanol–water partition coefficient (Wildman–Crippen LogP) is -0.674. The molecule has 0 saturated heterocycles. The van der Waals surface area contributed by atoms with E-state index in [2.05, 4.69) is 9.88 Å². The van der Waals surface area contributed by atoms with Gasteiger partial charge in [-0.05, 0) is 20.3 Å². The van der Waals surface area contributed by atoms with Crippen LogP contribution in [0.4, 0.5) is 0 Å². The summed E-state index contributed by atoms with van der Waals surface area (Å²) in [6, 6.07) is -0.779. The molecule has 1 fully saturated rings. The van der Waals surface area contributed by atoms with Crippen LogP contribution in [0, 0.1) is 19.8 Å². The maximum Gasteiger partial charge on any atom is 0.246 e. The Labute approximate surface area is 123 Å². The van der Waals surface area contributed by atoms with E-state index in [9.17, 15) is 18.6 Å². The van der Waals surface area contributed by atoms with E-state index in [0.29, 0.717) is 6.42 Å². The molecule has 0 unspecified atom stereocenters. The smallest absolute Gasteiger partial charge is 0.246 e. The van der Waals surface area contributed by atoms with Crippen molar-refractivity contribution in [3.05, 3.63) is 11.5 Å². The number of aliphatic hydroxyl groups excluding tert-OH is 2. The van der Waals surface area contributed by atoms with Gasteiger partial charge in [-0.25, -0.2) is 13.1 Å². The molecule has 2 rings (SSSR count). The number of aliphatic hydroxyl groups is 2. The van der Waals surface area contributed by atoms with Crippen LogP contribution in [0.25, 0.3) is 0 Å². The lowest BCUT2D eigenvalue weighted by Crippen LogP contribution is -2.43. The number of aryl methyl sites for hydroxylation is 2. The van der Waals surface area contributed by atoms with E-state index in [1.165, 1.54) is 21.0 Å². The van der Waals surface area contributed by atoms with Crippen molar-refractivity contribution in [2.45, 2.75) is 43.4 Å². The van der Waals surface area contributed by atoms with E-state index in [1.807, 2.05) is 0 Å². The number of rotatable bonds is 5. The highest BCUT2D eigenvalue weighted by molar-refractivity contribution is 7.89. The molecule has 3 N–H and O–H groups in total. The Balaban J connectivity index is 2.18. The van der Waals surface area contributed by atoms with Crippen molar-refractivity contribution in [2.75, 3.05) is 13.7 Å². The minimum atomic E-state index is -3.87. The highest BCUT2D eigenvalue weighted by atomic mass is 32.2. The molecule has 0 spiro atoms. The van der Waals surface area contributed by atoms with Gasteiger partial charge in [0.15, 0.2) is 5.76 Å². The second kappa shape index (κ2) is 6.01. The summed E-state index contributed by atoms with van der Waals surface area (Å²) in [7, 11) is -2.39. The van der Waals surface area contributed by atoms with Gasteiger partial charge >= 0.3 is 0 Å². The number of nitrogens with zero attached hydrogens (tertiary/aromatic N) is 1. The Morgan fingerprint density at radius 3 is 2.57 bits per heavy atom. The highest BCUT2D eigenvalue weighted by Crippen LogP contribution is 2.29. The van der Waals surface area contributed by atoms with Gasteiger partial charge in [0.25, 0.3) is 0 Å². The zero-order valence-electron chi connectivity index (χ0n) is 12.1. The van der Waals surface area contributed by atoms with Crippen LogP contribution in [-0.4, -0.2) is 55.8 Å². The van der Waals surface area contributed by atoms with Crippen molar-refractivity contribution in [1.29, 1.82) is 0 Å². The van der Waals surface area contributed by atoms with Crippen LogP contribution in [0.15, 0.2) is 9.42 Å². The third-order valence-electron chi connectivity index (χ3n) is 3.73. The normalized spacial score (nSPS) is 30.0. The number of nitrogens with one attached hydrogen (secondary N) is 1. The third kappa shape index (κ3) is 3.11. The molecule has 120 valence electrons. The number of hydrogen-bond donors (Lipinski definition) is 3. The summed E-state index contributed by atoms with van der Waals surface area (Å²) in [6.45, 7) is 3.28. The highest BCUT2D eigenvalue weighted by Gasteiger charge is 2.43. The van der Waals surface area contributed by atoms with Gasteiger partial charge in [0, 0.05) is 13.0 Å². The van der Waals surface area contributed by atoms with Crippen molar-refractivity contribution in [3.63, 3.8) is 0 Å². The first-order chi connectivity index (χ1) is 9.77. The number of sulfonamides is 1. The summed E-state index contributed by atoms with van der Waals surface area (Å²) >= 11 is 0. The lowest BCUT2D eigenvalue weighted by atomic mass is 10.1. The van der Waals surface area contributed by atoms with Crippen LogP contribution < -0.4 is 4.72 Å². The number of aromatic nitrogens is 1. The van der Waals surface area contributed by atoms with Gasteiger partial charge in [-0.15, -0.1) is 0 Å². The largest absolute Gasteiger partial charge is 0.390 e. The molecule has 9 heteroatoms. The van der Waals surface area contributed by atoms with E-state index in [1.54, 1.807) is 0 Å². The van der Waals surface area contributed by atoms with E-state index in [4.69, 9.17) is 9.26 Å². The van der Waals surface area contributed by atoms with Crippen LogP contribution in [0.2, 0.25) is 0 Å². The molecule has 0 radical (unpaired) electrons. The monoisotopic (exact) mass is 320 g/mol. The fourth-order valence-electron chi connectivity index (χ4n) is 2.74. The number of hydrogen-bond acceptors (Lipinski definition) is 7. The molecule has 21 heavy (non-hydrogen) atoms. The summed E-state index contributed by atoms with van der Waals surface area (Å²) in [4.78, 5) is -0.0284. The zero-order chi connectivity index (χ0) is 15.8. The predicted molar refractivity (Wildman–Crippen MR) is 72.1 cm³/mol. The summed E-state index contributed by atoms with van der Waals surface area (Å²) in [6.07, 6.45) is -1.92. The summed E-state index contributed by atoms with van der Waals surface area (Å²) in [5.74, 6) is -0.135.